The monoisotopic (exact) mass is 493 g/mol. The Hall–Kier alpha value is -3.91. The third kappa shape index (κ3) is 5.12. The molecule has 2 N–H and O–H groups in total. The summed E-state index contributed by atoms with van der Waals surface area (Å²) in [6, 6.07) is 2.74. The van der Waals surface area contributed by atoms with Gasteiger partial charge in [-0.25, -0.2) is 9.59 Å². The van der Waals surface area contributed by atoms with Crippen molar-refractivity contribution in [1.29, 1.82) is 0 Å². The first-order valence-electron chi connectivity index (χ1n) is 10.7. The van der Waals surface area contributed by atoms with Crippen LogP contribution in [-0.4, -0.2) is 58.0 Å². The summed E-state index contributed by atoms with van der Waals surface area (Å²) in [5.41, 5.74) is -0.813. The number of hydrogen-bond acceptors (Lipinski definition) is 11. The first-order valence-corrected chi connectivity index (χ1v) is 10.7. The fraction of sp³-hybridized carbons (Fsp3) is 0.476. The van der Waals surface area contributed by atoms with Crippen molar-refractivity contribution >= 4 is 11.8 Å². The number of rotatable bonds is 7. The molecule has 1 aromatic carbocycles. The number of nitro benzene ring substituents is 1. The fourth-order valence-corrected chi connectivity index (χ4v) is 3.81. The van der Waals surface area contributed by atoms with Crippen LogP contribution >= 0.6 is 0 Å². The molecule has 0 bridgehead atoms. The molecule has 3 heterocycles. The molecule has 4 atom stereocenters. The zero-order valence-electron chi connectivity index (χ0n) is 18.8. The van der Waals surface area contributed by atoms with Crippen LogP contribution in [0.4, 0.5) is 10.5 Å². The molecule has 0 spiro atoms. The molecule has 14 nitrogen and oxygen atoms in total. The molecular formula is C21H23N3O11. The number of aliphatic hydroxyl groups is 1. The van der Waals surface area contributed by atoms with E-state index in [1.807, 2.05) is 0 Å². The SMILES string of the molecule is Cc1cn([C@H]2C[C@H](O)[C@@H](COC(=O)OCC(C)c3cc4c(cc3[N+](=O)[O-])OCO4)O2)c(=O)[nH]c1=O. The van der Waals surface area contributed by atoms with Gasteiger partial charge in [0.2, 0.25) is 6.79 Å². The Morgan fingerprint density at radius 1 is 1.31 bits per heavy atom. The lowest BCUT2D eigenvalue weighted by Crippen LogP contribution is -2.33. The summed E-state index contributed by atoms with van der Waals surface area (Å²) in [5.74, 6) is 0.0601. The van der Waals surface area contributed by atoms with E-state index in [9.17, 15) is 29.6 Å². The summed E-state index contributed by atoms with van der Waals surface area (Å²) in [6.45, 7) is 2.54. The Labute approximate surface area is 197 Å². The van der Waals surface area contributed by atoms with Gasteiger partial charge in [-0.1, -0.05) is 6.92 Å². The number of H-pyrrole nitrogens is 1. The summed E-state index contributed by atoms with van der Waals surface area (Å²) in [5, 5.41) is 21.7. The number of carbonyl (C=O) groups excluding carboxylic acids is 1. The Morgan fingerprint density at radius 3 is 2.74 bits per heavy atom. The number of nitrogens with zero attached hydrogens (tertiary/aromatic N) is 2. The summed E-state index contributed by atoms with van der Waals surface area (Å²) >= 11 is 0. The van der Waals surface area contributed by atoms with Gasteiger partial charge in [0.15, 0.2) is 11.5 Å². The number of aliphatic hydroxyl groups excluding tert-OH is 1. The van der Waals surface area contributed by atoms with Crippen molar-refractivity contribution in [2.24, 2.45) is 0 Å². The topological polar surface area (TPSA) is 181 Å². The van der Waals surface area contributed by atoms with E-state index < -0.39 is 46.7 Å². The molecule has 0 radical (unpaired) electrons. The number of ether oxygens (including phenoxy) is 5. The average Bonchev–Trinajstić information content (AvgIpc) is 3.43. The smallest absolute Gasteiger partial charge is 0.454 e. The first-order chi connectivity index (χ1) is 16.6. The quantitative estimate of drug-likeness (QED) is 0.320. The number of nitrogens with one attached hydrogen (secondary N) is 1. The predicted molar refractivity (Wildman–Crippen MR) is 116 cm³/mol. The minimum Gasteiger partial charge on any atom is -0.454 e. The van der Waals surface area contributed by atoms with Gasteiger partial charge in [-0.05, 0) is 13.0 Å². The van der Waals surface area contributed by atoms with Crippen molar-refractivity contribution in [2.75, 3.05) is 20.0 Å². The minimum absolute atomic E-state index is 0.0410. The van der Waals surface area contributed by atoms with Crippen molar-refractivity contribution in [2.45, 2.75) is 44.6 Å². The van der Waals surface area contributed by atoms with E-state index in [0.717, 1.165) is 4.57 Å². The minimum atomic E-state index is -1.06. The second-order valence-electron chi connectivity index (χ2n) is 8.21. The van der Waals surface area contributed by atoms with Crippen LogP contribution in [-0.2, 0) is 14.2 Å². The lowest BCUT2D eigenvalue weighted by Gasteiger charge is -2.17. The van der Waals surface area contributed by atoms with Gasteiger partial charge in [-0.3, -0.25) is 24.5 Å². The molecule has 2 aromatic rings. The molecule has 1 unspecified atom stereocenters. The normalized spacial score (nSPS) is 21.5. The van der Waals surface area contributed by atoms with Gasteiger partial charge in [0.05, 0.1) is 17.1 Å². The largest absolute Gasteiger partial charge is 0.508 e. The number of fused-ring (bicyclic) bond motifs is 1. The van der Waals surface area contributed by atoms with Crippen molar-refractivity contribution < 1.29 is 38.5 Å². The van der Waals surface area contributed by atoms with Crippen molar-refractivity contribution in [3.63, 3.8) is 0 Å². The zero-order valence-corrected chi connectivity index (χ0v) is 18.8. The molecule has 0 aliphatic carbocycles. The maximum Gasteiger partial charge on any atom is 0.508 e. The third-order valence-corrected chi connectivity index (χ3v) is 5.73. The van der Waals surface area contributed by atoms with Crippen LogP contribution in [0.1, 0.15) is 36.6 Å². The van der Waals surface area contributed by atoms with Crippen LogP contribution in [0.3, 0.4) is 0 Å². The van der Waals surface area contributed by atoms with Crippen molar-refractivity contribution in [1.82, 2.24) is 9.55 Å². The van der Waals surface area contributed by atoms with Gasteiger partial charge in [-0.2, -0.15) is 0 Å². The van der Waals surface area contributed by atoms with Gasteiger partial charge >= 0.3 is 11.8 Å². The highest BCUT2D eigenvalue weighted by Gasteiger charge is 2.36. The maximum absolute atomic E-state index is 12.1. The Kier molecular flexibility index (Phi) is 6.75. The highest BCUT2D eigenvalue weighted by atomic mass is 16.7. The lowest BCUT2D eigenvalue weighted by atomic mass is 9.99. The molecule has 2 aliphatic rings. The van der Waals surface area contributed by atoms with E-state index in [1.54, 1.807) is 6.92 Å². The Morgan fingerprint density at radius 2 is 2.03 bits per heavy atom. The van der Waals surface area contributed by atoms with Crippen molar-refractivity contribution in [3.8, 4) is 11.5 Å². The van der Waals surface area contributed by atoms with Gasteiger partial charge in [-0.15, -0.1) is 0 Å². The molecule has 1 saturated heterocycles. The van der Waals surface area contributed by atoms with E-state index in [1.165, 1.54) is 25.3 Å². The number of benzene rings is 1. The van der Waals surface area contributed by atoms with E-state index in [0.29, 0.717) is 16.9 Å². The van der Waals surface area contributed by atoms with E-state index >= 15 is 0 Å². The van der Waals surface area contributed by atoms with Crippen LogP contribution in [0.2, 0.25) is 0 Å². The van der Waals surface area contributed by atoms with Gasteiger partial charge in [0, 0.05) is 29.7 Å². The van der Waals surface area contributed by atoms with E-state index in [-0.39, 0.29) is 37.9 Å². The molecule has 0 amide bonds. The Balaban J connectivity index is 1.31. The summed E-state index contributed by atoms with van der Waals surface area (Å²) in [7, 11) is 0. The summed E-state index contributed by atoms with van der Waals surface area (Å²) in [4.78, 5) is 48.7. The van der Waals surface area contributed by atoms with Crippen LogP contribution in [0, 0.1) is 17.0 Å². The highest BCUT2D eigenvalue weighted by Crippen LogP contribution is 2.40. The summed E-state index contributed by atoms with van der Waals surface area (Å²) < 4.78 is 27.3. The molecule has 188 valence electrons. The van der Waals surface area contributed by atoms with Gasteiger partial charge < -0.3 is 28.8 Å². The molecule has 4 rings (SSSR count). The standard InChI is InChI=1S/C21H23N3O11/c1-10-6-23(20(27)22-19(10)26)18-5-14(25)17(35-18)8-32-21(28)31-7-11(2)12-3-15-16(34-9-33-15)4-13(12)24(29)30/h3-4,6,11,14,17-18,25H,5,7-9H2,1-2H3,(H,22,26,27)/t11?,14-,17+,18+/m0/s1. The highest BCUT2D eigenvalue weighted by molar-refractivity contribution is 5.60. The number of aromatic amines is 1. The van der Waals surface area contributed by atoms with Gasteiger partial charge in [0.1, 0.15) is 25.5 Å². The second-order valence-corrected chi connectivity index (χ2v) is 8.21. The fourth-order valence-electron chi connectivity index (χ4n) is 3.81. The predicted octanol–water partition coefficient (Wildman–Crippen LogP) is 1.09. The number of aromatic nitrogens is 2. The maximum atomic E-state index is 12.1. The van der Waals surface area contributed by atoms with Crippen molar-refractivity contribution in [3.05, 3.63) is 60.4 Å². The second kappa shape index (κ2) is 9.76. The third-order valence-electron chi connectivity index (χ3n) is 5.73. The van der Waals surface area contributed by atoms with Crippen LogP contribution in [0.15, 0.2) is 27.9 Å². The molecule has 1 aromatic heterocycles. The zero-order chi connectivity index (χ0) is 25.3. The molecule has 0 saturated carbocycles. The average molecular weight is 493 g/mol. The Bertz CT molecular complexity index is 1250. The number of aryl methyl sites for hydroxylation is 1. The number of hydrogen-bond donors (Lipinski definition) is 2. The number of nitro groups is 1. The van der Waals surface area contributed by atoms with E-state index in [2.05, 4.69) is 4.98 Å². The molecule has 35 heavy (non-hydrogen) atoms. The van der Waals surface area contributed by atoms with Crippen LogP contribution in [0.5, 0.6) is 11.5 Å². The molecule has 1 fully saturated rings. The molecule has 14 heteroatoms. The molecular weight excluding hydrogens is 470 g/mol. The first kappa shape index (κ1) is 24.2. The summed E-state index contributed by atoms with van der Waals surface area (Å²) in [6.07, 6.45) is -2.52. The molecule has 2 aliphatic heterocycles. The van der Waals surface area contributed by atoms with Crippen LogP contribution in [0.25, 0.3) is 0 Å². The van der Waals surface area contributed by atoms with Gasteiger partial charge in [0.25, 0.3) is 11.2 Å². The van der Waals surface area contributed by atoms with Crippen LogP contribution < -0.4 is 20.7 Å². The lowest BCUT2D eigenvalue weighted by molar-refractivity contribution is -0.385. The number of carbonyl (C=O) groups is 1. The van der Waals surface area contributed by atoms with E-state index in [4.69, 9.17) is 23.7 Å².